The normalized spacial score (nSPS) is 16.6. The van der Waals surface area contributed by atoms with Crippen LogP contribution in [0.3, 0.4) is 0 Å². The van der Waals surface area contributed by atoms with E-state index in [0.29, 0.717) is 5.56 Å². The van der Waals surface area contributed by atoms with Gasteiger partial charge >= 0.3 is 0 Å². The number of anilines is 1. The van der Waals surface area contributed by atoms with E-state index < -0.39 is 0 Å². The van der Waals surface area contributed by atoms with Crippen LogP contribution in [0, 0.1) is 5.82 Å². The molecule has 5 rings (SSSR count). The summed E-state index contributed by atoms with van der Waals surface area (Å²) in [4.78, 5) is 10.0. The Labute approximate surface area is 145 Å². The first-order valence-electron chi connectivity index (χ1n) is 8.63. The molecule has 0 amide bonds. The molecule has 0 unspecified atom stereocenters. The molecule has 0 atom stereocenters. The first-order valence-corrected chi connectivity index (χ1v) is 8.63. The Balaban J connectivity index is 1.86. The predicted octanol–water partition coefficient (Wildman–Crippen LogP) is 3.70. The number of aromatic nitrogens is 2. The van der Waals surface area contributed by atoms with Gasteiger partial charge in [-0.1, -0.05) is 24.3 Å². The zero-order valence-corrected chi connectivity index (χ0v) is 14.1. The summed E-state index contributed by atoms with van der Waals surface area (Å²) in [6.07, 6.45) is 4.52. The largest absolute Gasteiger partial charge is 0.370 e. The van der Waals surface area contributed by atoms with Crippen LogP contribution in [0.4, 0.5) is 10.1 Å². The number of nitrogens with one attached hydrogen (secondary N) is 2. The fourth-order valence-corrected chi connectivity index (χ4v) is 4.08. The van der Waals surface area contributed by atoms with Crippen molar-refractivity contribution in [3.63, 3.8) is 0 Å². The molecule has 0 radical (unpaired) electrons. The molecular weight excluding hydrogens is 315 g/mol. The second-order valence-electron chi connectivity index (χ2n) is 6.74. The molecular formula is C20H19FN4. The van der Waals surface area contributed by atoms with Gasteiger partial charge in [0, 0.05) is 53.6 Å². The van der Waals surface area contributed by atoms with Gasteiger partial charge in [-0.2, -0.15) is 0 Å². The molecule has 4 nitrogen and oxygen atoms in total. The summed E-state index contributed by atoms with van der Waals surface area (Å²) in [5.41, 5.74) is 6.95. The summed E-state index contributed by atoms with van der Waals surface area (Å²) in [5, 5.41) is 4.27. The Bertz CT molecular complexity index is 1020. The number of aromatic amines is 1. The first kappa shape index (κ1) is 14.7. The summed E-state index contributed by atoms with van der Waals surface area (Å²) >= 11 is 0. The maximum Gasteiger partial charge on any atom is 0.150 e. The molecule has 2 aromatic heterocycles. The number of halogens is 1. The van der Waals surface area contributed by atoms with E-state index in [-0.39, 0.29) is 5.82 Å². The lowest BCUT2D eigenvalue weighted by atomic mass is 9.97. The monoisotopic (exact) mass is 334 g/mol. The van der Waals surface area contributed by atoms with E-state index in [2.05, 4.69) is 39.4 Å². The summed E-state index contributed by atoms with van der Waals surface area (Å²) in [5.74, 6) is -0.263. The van der Waals surface area contributed by atoms with Crippen LogP contribution in [-0.4, -0.2) is 30.1 Å². The maximum absolute atomic E-state index is 14.9. The number of para-hydroxylation sites is 1. The Morgan fingerprint density at radius 2 is 2.12 bits per heavy atom. The average Bonchev–Trinajstić information content (AvgIpc) is 2.94. The van der Waals surface area contributed by atoms with Crippen molar-refractivity contribution in [2.75, 3.05) is 25.0 Å². The molecule has 3 aromatic rings. The Hall–Kier alpha value is -2.66. The predicted molar refractivity (Wildman–Crippen MR) is 99.1 cm³/mol. The highest BCUT2D eigenvalue weighted by molar-refractivity contribution is 6.03. The van der Waals surface area contributed by atoms with E-state index in [1.54, 1.807) is 0 Å². The summed E-state index contributed by atoms with van der Waals surface area (Å²) in [6.45, 7) is 2.56. The molecule has 2 N–H and O–H groups in total. The standard InChI is InChI=1S/C20H19FN4/c1-25-11-14-18-17(13-4-2-3-5-16(13)25)15(21)10-23-20(18)24-19(14)12-6-8-22-9-7-12/h2-6,10,22H,7-9,11H2,1H3,(H,23,24). The van der Waals surface area contributed by atoms with E-state index in [9.17, 15) is 4.39 Å². The van der Waals surface area contributed by atoms with Gasteiger partial charge in [-0.05, 0) is 24.6 Å². The van der Waals surface area contributed by atoms with E-state index >= 15 is 0 Å². The Morgan fingerprint density at radius 1 is 1.24 bits per heavy atom. The molecule has 0 fully saturated rings. The molecule has 126 valence electrons. The van der Waals surface area contributed by atoms with Crippen LogP contribution in [0.15, 0.2) is 36.5 Å². The zero-order valence-electron chi connectivity index (χ0n) is 14.1. The van der Waals surface area contributed by atoms with Crippen molar-refractivity contribution >= 4 is 22.3 Å². The van der Waals surface area contributed by atoms with Crippen LogP contribution in [0.2, 0.25) is 0 Å². The van der Waals surface area contributed by atoms with Gasteiger partial charge in [-0.25, -0.2) is 9.37 Å². The van der Waals surface area contributed by atoms with Gasteiger partial charge in [-0.15, -0.1) is 0 Å². The lowest BCUT2D eigenvalue weighted by Crippen LogP contribution is -2.21. The minimum atomic E-state index is -0.263. The molecule has 4 heterocycles. The number of rotatable bonds is 1. The molecule has 0 spiro atoms. The molecule has 2 aliphatic heterocycles. The van der Waals surface area contributed by atoms with Crippen molar-refractivity contribution in [2.24, 2.45) is 0 Å². The van der Waals surface area contributed by atoms with Crippen molar-refractivity contribution in [3.05, 3.63) is 53.6 Å². The molecule has 0 bridgehead atoms. The molecule has 2 aliphatic rings. The van der Waals surface area contributed by atoms with E-state index in [4.69, 9.17) is 0 Å². The first-order chi connectivity index (χ1) is 12.2. The number of benzene rings is 1. The van der Waals surface area contributed by atoms with Crippen molar-refractivity contribution in [3.8, 4) is 11.1 Å². The second kappa shape index (κ2) is 5.43. The quantitative estimate of drug-likeness (QED) is 0.713. The van der Waals surface area contributed by atoms with Crippen molar-refractivity contribution in [2.45, 2.75) is 13.0 Å². The zero-order chi connectivity index (χ0) is 17.0. The highest BCUT2D eigenvalue weighted by Gasteiger charge is 2.27. The summed E-state index contributed by atoms with van der Waals surface area (Å²) in [7, 11) is 2.06. The van der Waals surface area contributed by atoms with Crippen LogP contribution in [0.5, 0.6) is 0 Å². The molecule has 1 aromatic carbocycles. The Morgan fingerprint density at radius 3 is 2.96 bits per heavy atom. The summed E-state index contributed by atoms with van der Waals surface area (Å²) < 4.78 is 14.9. The number of hydrogen-bond donors (Lipinski definition) is 2. The number of pyridine rings is 1. The summed E-state index contributed by atoms with van der Waals surface area (Å²) in [6, 6.07) is 8.02. The molecule has 0 aliphatic carbocycles. The number of hydrogen-bond acceptors (Lipinski definition) is 3. The maximum atomic E-state index is 14.9. The third-order valence-electron chi connectivity index (χ3n) is 5.24. The lowest BCUT2D eigenvalue weighted by molar-refractivity contribution is 0.627. The molecule has 0 saturated heterocycles. The van der Waals surface area contributed by atoms with E-state index in [1.807, 2.05) is 18.2 Å². The van der Waals surface area contributed by atoms with Crippen LogP contribution in [0.25, 0.3) is 27.7 Å². The fourth-order valence-electron chi connectivity index (χ4n) is 4.08. The van der Waals surface area contributed by atoms with Gasteiger partial charge in [0.1, 0.15) is 11.5 Å². The van der Waals surface area contributed by atoms with Gasteiger partial charge < -0.3 is 15.2 Å². The van der Waals surface area contributed by atoms with Gasteiger partial charge in [-0.3, -0.25) is 0 Å². The van der Waals surface area contributed by atoms with Crippen LogP contribution >= 0.6 is 0 Å². The Kier molecular flexibility index (Phi) is 3.18. The second-order valence-corrected chi connectivity index (χ2v) is 6.74. The van der Waals surface area contributed by atoms with Crippen molar-refractivity contribution < 1.29 is 4.39 Å². The highest BCUT2D eigenvalue weighted by Crippen LogP contribution is 2.43. The lowest BCUT2D eigenvalue weighted by Gasteiger charge is -2.21. The smallest absolute Gasteiger partial charge is 0.150 e. The number of fused-ring (bicyclic) bond motifs is 2. The van der Waals surface area contributed by atoms with Gasteiger partial charge in [0.25, 0.3) is 0 Å². The van der Waals surface area contributed by atoms with Crippen LogP contribution in [0.1, 0.15) is 17.7 Å². The van der Waals surface area contributed by atoms with E-state index in [0.717, 1.165) is 59.6 Å². The minimum Gasteiger partial charge on any atom is -0.370 e. The third kappa shape index (κ3) is 2.12. The highest BCUT2D eigenvalue weighted by atomic mass is 19.1. The van der Waals surface area contributed by atoms with Gasteiger partial charge in [0.05, 0.1) is 6.20 Å². The van der Waals surface area contributed by atoms with Crippen LogP contribution < -0.4 is 10.2 Å². The average molecular weight is 334 g/mol. The van der Waals surface area contributed by atoms with E-state index in [1.165, 1.54) is 11.8 Å². The molecule has 0 saturated carbocycles. The van der Waals surface area contributed by atoms with Crippen molar-refractivity contribution in [1.29, 1.82) is 0 Å². The molecule has 25 heavy (non-hydrogen) atoms. The number of H-pyrrole nitrogens is 1. The van der Waals surface area contributed by atoms with Gasteiger partial charge in [0.15, 0.2) is 0 Å². The SMILES string of the molecule is CN1Cc2c(C3=CCNCC3)[nH]c3ncc(F)c(c23)-c2ccccc21. The topological polar surface area (TPSA) is 44.0 Å². The minimum absolute atomic E-state index is 0.263. The third-order valence-corrected chi connectivity index (χ3v) is 5.24. The van der Waals surface area contributed by atoms with Crippen LogP contribution in [-0.2, 0) is 6.54 Å². The molecule has 5 heteroatoms. The van der Waals surface area contributed by atoms with Gasteiger partial charge in [0.2, 0.25) is 0 Å². The number of nitrogens with zero attached hydrogens (tertiary/aromatic N) is 2. The van der Waals surface area contributed by atoms with Crippen molar-refractivity contribution in [1.82, 2.24) is 15.3 Å². The fraction of sp³-hybridized carbons (Fsp3) is 0.250.